The van der Waals surface area contributed by atoms with Crippen LogP contribution in [0, 0.1) is 0 Å². The number of thioether (sulfide) groups is 1. The molecule has 3 unspecified atom stereocenters. The third-order valence-corrected chi connectivity index (χ3v) is 12.6. The number of thiol groups is 1. The molecule has 0 aromatic rings. The monoisotopic (exact) mass is 773 g/mol. The van der Waals surface area contributed by atoms with E-state index in [4.69, 9.17) is 18.0 Å². The molecule has 0 amide bonds. The van der Waals surface area contributed by atoms with E-state index in [1.807, 2.05) is 6.26 Å². The fourth-order valence-corrected chi connectivity index (χ4v) is 9.37. The number of aliphatic carboxylic acids is 1. The number of unbranched alkanes of at least 4 members (excludes halogenated alkanes) is 30. The summed E-state index contributed by atoms with van der Waals surface area (Å²) in [6.45, 7) is 4.55. The topological polar surface area (TPSA) is 92.4 Å². The average Bonchev–Trinajstić information content (AvgIpc) is 3.11. The molecule has 0 spiro atoms. The molecule has 0 saturated heterocycles. The molecular weight excluding hydrogens is 689 g/mol. The van der Waals surface area contributed by atoms with E-state index < -0.39 is 17.0 Å². The highest BCUT2D eigenvalue weighted by Gasteiger charge is 2.58. The predicted molar refractivity (Wildman–Crippen MR) is 234 cm³/mol. The summed E-state index contributed by atoms with van der Waals surface area (Å²) in [6.07, 6.45) is 45.0. The summed E-state index contributed by atoms with van der Waals surface area (Å²) in [5, 5.41) is 13.3. The number of hydrogen-bond donors (Lipinski definition) is 4. The molecule has 0 aromatic carbocycles. The molecule has 3 atom stereocenters. The molecule has 8 heteroatoms. The molecule has 0 rings (SSSR count). The lowest BCUT2D eigenvalue weighted by molar-refractivity contribution is -0.149. The van der Waals surface area contributed by atoms with Gasteiger partial charge in [0.2, 0.25) is 0 Å². The number of thiocarbonyl (C=S) groups is 1. The van der Waals surface area contributed by atoms with Gasteiger partial charge in [0, 0.05) is 5.25 Å². The maximum Gasteiger partial charge on any atom is 0.333 e. The summed E-state index contributed by atoms with van der Waals surface area (Å²) in [5.74, 6) is -1.31. The number of carbonyl (C=O) groups excluding carboxylic acids is 1. The van der Waals surface area contributed by atoms with Crippen molar-refractivity contribution < 1.29 is 14.7 Å². The first kappa shape index (κ1) is 50.7. The lowest BCUT2D eigenvalue weighted by Crippen LogP contribution is -2.76. The Hall–Kier alpha value is -0.310. The molecule has 302 valence electrons. The van der Waals surface area contributed by atoms with E-state index in [0.717, 1.165) is 38.5 Å². The summed E-state index contributed by atoms with van der Waals surface area (Å²) in [4.78, 5) is 25.1. The van der Waals surface area contributed by atoms with Gasteiger partial charge in [-0.3, -0.25) is 0 Å². The van der Waals surface area contributed by atoms with Gasteiger partial charge in [-0.2, -0.15) is 11.8 Å². The van der Waals surface area contributed by atoms with Crippen molar-refractivity contribution in [3.8, 4) is 0 Å². The Kier molecular flexibility index (Phi) is 35.2. The quantitative estimate of drug-likeness (QED) is 0.0162. The van der Waals surface area contributed by atoms with Crippen LogP contribution in [-0.4, -0.2) is 44.3 Å². The molecule has 51 heavy (non-hydrogen) atoms. The Morgan fingerprint density at radius 1 is 0.647 bits per heavy atom. The van der Waals surface area contributed by atoms with Gasteiger partial charge in [0.1, 0.15) is 4.32 Å². The minimum Gasteiger partial charge on any atom is -0.479 e. The van der Waals surface area contributed by atoms with Crippen LogP contribution in [0.4, 0.5) is 0 Å². The Labute approximate surface area is 332 Å². The molecule has 4 N–H and O–H groups in total. The van der Waals surface area contributed by atoms with Crippen molar-refractivity contribution in [3.63, 3.8) is 0 Å². The highest BCUT2D eigenvalue weighted by atomic mass is 32.2. The van der Waals surface area contributed by atoms with Gasteiger partial charge >= 0.3 is 5.97 Å². The molecule has 0 bridgehead atoms. The van der Waals surface area contributed by atoms with Gasteiger partial charge in [-0.15, -0.1) is 12.6 Å². The zero-order chi connectivity index (χ0) is 37.9. The molecular formula is C43H84N2O3S3. The second kappa shape index (κ2) is 35.4. The van der Waals surface area contributed by atoms with Gasteiger partial charge in [0.25, 0.3) is 0 Å². The fraction of sp³-hybridized carbons (Fsp3) is 0.930. The Bertz CT molecular complexity index is 832. The predicted octanol–water partition coefficient (Wildman–Crippen LogP) is 13.5. The molecule has 0 aromatic heterocycles. The number of rotatable bonds is 40. The molecule has 0 heterocycles. The highest BCUT2D eigenvalue weighted by Crippen LogP contribution is 2.39. The number of nitrogens with one attached hydrogen (secondary N) is 1. The van der Waals surface area contributed by atoms with Gasteiger partial charge in [0.05, 0.1) is 5.54 Å². The fourth-order valence-electron chi connectivity index (χ4n) is 7.81. The third kappa shape index (κ3) is 24.7. The van der Waals surface area contributed by atoms with Crippen molar-refractivity contribution in [1.82, 2.24) is 5.32 Å². The molecule has 0 aliphatic carbocycles. The van der Waals surface area contributed by atoms with E-state index in [2.05, 4.69) is 31.8 Å². The number of nitrogens with two attached hydrogens (primary N) is 1. The first-order chi connectivity index (χ1) is 24.8. The minimum atomic E-state index is -2.10. The highest BCUT2D eigenvalue weighted by molar-refractivity contribution is 8.11. The van der Waals surface area contributed by atoms with E-state index in [1.54, 1.807) is 11.8 Å². The molecule has 0 aliphatic heterocycles. The van der Waals surface area contributed by atoms with Gasteiger partial charge in [-0.05, 0) is 19.1 Å². The number of aldehydes is 1. The summed E-state index contributed by atoms with van der Waals surface area (Å²) >= 11 is 11.3. The van der Waals surface area contributed by atoms with Gasteiger partial charge < -0.3 is 21.0 Å². The van der Waals surface area contributed by atoms with E-state index in [1.165, 1.54) is 173 Å². The normalized spacial score (nSPS) is 14.5. The van der Waals surface area contributed by atoms with Crippen LogP contribution in [-0.2, 0) is 9.59 Å². The second-order valence-corrected chi connectivity index (χ2v) is 17.8. The second-order valence-electron chi connectivity index (χ2n) is 15.6. The maximum atomic E-state index is 12.6. The van der Waals surface area contributed by atoms with E-state index in [-0.39, 0.29) is 9.57 Å². The smallest absolute Gasteiger partial charge is 0.333 e. The number of carbonyl (C=O) groups is 2. The van der Waals surface area contributed by atoms with Crippen molar-refractivity contribution in [2.45, 2.75) is 248 Å². The number of carboxylic acids is 1. The standard InChI is InChI=1S/C43H84N2O3S3/c1-4-6-8-10-12-14-16-18-20-22-24-26-28-30-32-34-36-39(51-3)43(45-41(49)50,42(44,38-46)40(47)48)37-35-33-31-29-27-25-23-21-19-17-15-13-11-9-7-5-2/h38-39H,4-37,44H2,1-3H3,(H,47,48)(H2,45,49,50). The van der Waals surface area contributed by atoms with Gasteiger partial charge in [-0.25, -0.2) is 4.79 Å². The maximum absolute atomic E-state index is 12.6. The van der Waals surface area contributed by atoms with Crippen LogP contribution < -0.4 is 11.1 Å². The number of hydrogen-bond acceptors (Lipinski definition) is 5. The van der Waals surface area contributed by atoms with Crippen molar-refractivity contribution in [2.24, 2.45) is 5.73 Å². The third-order valence-electron chi connectivity index (χ3n) is 11.2. The van der Waals surface area contributed by atoms with Crippen molar-refractivity contribution in [1.29, 1.82) is 0 Å². The van der Waals surface area contributed by atoms with Gasteiger partial charge in [0.15, 0.2) is 11.8 Å². The van der Waals surface area contributed by atoms with Crippen molar-refractivity contribution in [3.05, 3.63) is 0 Å². The summed E-state index contributed by atoms with van der Waals surface area (Å²) in [7, 11) is 0. The lowest BCUT2D eigenvalue weighted by atomic mass is 9.71. The summed E-state index contributed by atoms with van der Waals surface area (Å²) < 4.78 is 0.190. The van der Waals surface area contributed by atoms with Crippen LogP contribution in [0.5, 0.6) is 0 Å². The Balaban J connectivity index is 4.63. The van der Waals surface area contributed by atoms with E-state index in [9.17, 15) is 14.7 Å². The zero-order valence-corrected chi connectivity index (χ0v) is 36.3. The Morgan fingerprint density at radius 2 is 0.941 bits per heavy atom. The largest absolute Gasteiger partial charge is 0.479 e. The molecule has 0 fully saturated rings. The van der Waals surface area contributed by atoms with Crippen LogP contribution in [0.1, 0.15) is 232 Å². The lowest BCUT2D eigenvalue weighted by Gasteiger charge is -2.48. The summed E-state index contributed by atoms with van der Waals surface area (Å²) in [5.41, 5.74) is 3.23. The molecule has 0 saturated carbocycles. The number of carboxylic acid groups (broad SMARTS) is 1. The zero-order valence-electron chi connectivity index (χ0n) is 33.8. The molecule has 0 radical (unpaired) electrons. The Morgan fingerprint density at radius 3 is 1.20 bits per heavy atom. The van der Waals surface area contributed by atoms with E-state index >= 15 is 0 Å². The van der Waals surface area contributed by atoms with Crippen LogP contribution in [0.25, 0.3) is 0 Å². The first-order valence-electron chi connectivity index (χ1n) is 21.8. The van der Waals surface area contributed by atoms with Crippen LogP contribution in [0.2, 0.25) is 0 Å². The molecule has 5 nitrogen and oxygen atoms in total. The van der Waals surface area contributed by atoms with Crippen LogP contribution >= 0.6 is 36.6 Å². The van der Waals surface area contributed by atoms with Crippen molar-refractivity contribution >= 4 is 53.2 Å². The first-order valence-corrected chi connectivity index (χ1v) is 23.9. The summed E-state index contributed by atoms with van der Waals surface area (Å²) in [6, 6.07) is 0. The van der Waals surface area contributed by atoms with Gasteiger partial charge in [-0.1, -0.05) is 232 Å². The average molecular weight is 773 g/mol. The minimum absolute atomic E-state index is 0.183. The van der Waals surface area contributed by atoms with E-state index in [0.29, 0.717) is 12.7 Å². The molecule has 0 aliphatic rings. The van der Waals surface area contributed by atoms with Crippen LogP contribution in [0.15, 0.2) is 0 Å². The van der Waals surface area contributed by atoms with Crippen molar-refractivity contribution in [2.75, 3.05) is 6.26 Å². The SMILES string of the molecule is CCCCCCCCCCCCCCCCCCC(SC)C(CCCCCCCCCCCCCCCCCC)(NC(=S)S)C(N)(C=O)C(=O)O. The van der Waals surface area contributed by atoms with Crippen LogP contribution in [0.3, 0.4) is 0 Å².